The zero-order valence-corrected chi connectivity index (χ0v) is 13.9. The largest absolute Gasteiger partial charge is 0.479 e. The molecule has 0 aliphatic carbocycles. The Bertz CT molecular complexity index is 776. The number of aliphatic carboxylic acids is 1. The van der Waals surface area contributed by atoms with E-state index >= 15 is 0 Å². The van der Waals surface area contributed by atoms with Gasteiger partial charge in [-0.3, -0.25) is 4.79 Å². The number of carbonyl (C=O) groups excluding carboxylic acids is 1. The summed E-state index contributed by atoms with van der Waals surface area (Å²) in [7, 11) is 0. The minimum Gasteiger partial charge on any atom is -0.479 e. The molecule has 1 amide bonds. The highest BCUT2D eigenvalue weighted by molar-refractivity contribution is 5.82. The second-order valence-electron chi connectivity index (χ2n) is 5.95. The standard InChI is InChI=1S/C19H18FNO5/c20-13-3-7-15(8-4-13)25-14-5-1-12(2-6-14)11-21-18(22)16-9-10-17(26-16)19(23)24/h1-8,16-17H,9-11H2,(H,21,22)(H,23,24)/t16-,17+/m0/s1. The van der Waals surface area contributed by atoms with Crippen molar-refractivity contribution in [2.45, 2.75) is 31.6 Å². The van der Waals surface area contributed by atoms with Crippen LogP contribution < -0.4 is 10.1 Å². The summed E-state index contributed by atoms with van der Waals surface area (Å²) in [5.41, 5.74) is 0.859. The Hall–Kier alpha value is -2.93. The van der Waals surface area contributed by atoms with Crippen LogP contribution in [0.2, 0.25) is 0 Å². The first kappa shape index (κ1) is 17.9. The lowest BCUT2D eigenvalue weighted by molar-refractivity contribution is -0.151. The maximum absolute atomic E-state index is 12.9. The first-order valence-electron chi connectivity index (χ1n) is 8.19. The molecule has 26 heavy (non-hydrogen) atoms. The van der Waals surface area contributed by atoms with Gasteiger partial charge in [0.05, 0.1) is 0 Å². The molecule has 1 heterocycles. The smallest absolute Gasteiger partial charge is 0.332 e. The van der Waals surface area contributed by atoms with Crippen molar-refractivity contribution in [2.75, 3.05) is 0 Å². The maximum Gasteiger partial charge on any atom is 0.332 e. The number of hydrogen-bond acceptors (Lipinski definition) is 4. The van der Waals surface area contributed by atoms with Crippen molar-refractivity contribution >= 4 is 11.9 Å². The molecule has 1 fully saturated rings. The Morgan fingerprint density at radius 1 is 1.04 bits per heavy atom. The average molecular weight is 359 g/mol. The van der Waals surface area contributed by atoms with E-state index in [-0.39, 0.29) is 11.7 Å². The van der Waals surface area contributed by atoms with Crippen LogP contribution in [0.4, 0.5) is 4.39 Å². The fourth-order valence-corrected chi connectivity index (χ4v) is 2.63. The molecular weight excluding hydrogens is 341 g/mol. The third-order valence-corrected chi connectivity index (χ3v) is 4.03. The fraction of sp³-hybridized carbons (Fsp3) is 0.263. The van der Waals surface area contributed by atoms with Crippen LogP contribution in [0.1, 0.15) is 18.4 Å². The third kappa shape index (κ3) is 4.58. The molecule has 0 unspecified atom stereocenters. The van der Waals surface area contributed by atoms with E-state index in [0.717, 1.165) is 5.56 Å². The van der Waals surface area contributed by atoms with Gasteiger partial charge in [0.15, 0.2) is 6.10 Å². The van der Waals surface area contributed by atoms with Gasteiger partial charge in [0.2, 0.25) is 5.91 Å². The molecule has 0 saturated carbocycles. The number of rotatable bonds is 6. The summed E-state index contributed by atoms with van der Waals surface area (Å²) in [6.07, 6.45) is -0.901. The average Bonchev–Trinajstić information content (AvgIpc) is 3.13. The van der Waals surface area contributed by atoms with Gasteiger partial charge in [0.1, 0.15) is 23.4 Å². The van der Waals surface area contributed by atoms with Gasteiger partial charge in [-0.2, -0.15) is 0 Å². The summed E-state index contributed by atoms with van der Waals surface area (Å²) in [4.78, 5) is 22.9. The summed E-state index contributed by atoms with van der Waals surface area (Å²) in [6.45, 7) is 0.299. The lowest BCUT2D eigenvalue weighted by atomic mass is 10.1. The van der Waals surface area contributed by atoms with Crippen molar-refractivity contribution in [3.63, 3.8) is 0 Å². The summed E-state index contributed by atoms with van der Waals surface area (Å²) >= 11 is 0. The van der Waals surface area contributed by atoms with Gasteiger partial charge in [-0.1, -0.05) is 12.1 Å². The fourth-order valence-electron chi connectivity index (χ4n) is 2.63. The van der Waals surface area contributed by atoms with Crippen LogP contribution in [0.5, 0.6) is 11.5 Å². The lowest BCUT2D eigenvalue weighted by Crippen LogP contribution is -2.35. The van der Waals surface area contributed by atoms with E-state index in [1.165, 1.54) is 24.3 Å². The van der Waals surface area contributed by atoms with Crippen LogP contribution in [0, 0.1) is 5.82 Å². The van der Waals surface area contributed by atoms with Gasteiger partial charge in [-0.05, 0) is 54.8 Å². The highest BCUT2D eigenvalue weighted by Crippen LogP contribution is 2.22. The number of amides is 1. The molecule has 0 bridgehead atoms. The van der Waals surface area contributed by atoms with Crippen molar-refractivity contribution in [1.29, 1.82) is 0 Å². The SMILES string of the molecule is O=C(NCc1ccc(Oc2ccc(F)cc2)cc1)[C@@H]1CC[C@H](C(=O)O)O1. The van der Waals surface area contributed by atoms with Crippen LogP contribution in [-0.4, -0.2) is 29.2 Å². The van der Waals surface area contributed by atoms with E-state index in [9.17, 15) is 14.0 Å². The molecule has 2 aromatic carbocycles. The number of carbonyl (C=O) groups is 2. The predicted octanol–water partition coefficient (Wildman–Crippen LogP) is 2.87. The highest BCUT2D eigenvalue weighted by Gasteiger charge is 2.34. The van der Waals surface area contributed by atoms with Gasteiger partial charge in [0, 0.05) is 6.54 Å². The second-order valence-corrected chi connectivity index (χ2v) is 5.95. The maximum atomic E-state index is 12.9. The van der Waals surface area contributed by atoms with Crippen LogP contribution >= 0.6 is 0 Å². The van der Waals surface area contributed by atoms with Gasteiger partial charge < -0.3 is 19.9 Å². The quantitative estimate of drug-likeness (QED) is 0.828. The second kappa shape index (κ2) is 7.97. The van der Waals surface area contributed by atoms with Gasteiger partial charge in [-0.25, -0.2) is 9.18 Å². The van der Waals surface area contributed by atoms with E-state index in [0.29, 0.717) is 30.9 Å². The van der Waals surface area contributed by atoms with E-state index < -0.39 is 18.2 Å². The summed E-state index contributed by atoms with van der Waals surface area (Å²) in [5, 5.41) is 11.6. The number of benzene rings is 2. The molecule has 1 aliphatic heterocycles. The third-order valence-electron chi connectivity index (χ3n) is 4.03. The van der Waals surface area contributed by atoms with E-state index in [1.54, 1.807) is 24.3 Å². The molecule has 2 N–H and O–H groups in total. The molecule has 1 aliphatic rings. The molecular formula is C19H18FNO5. The van der Waals surface area contributed by atoms with Crippen LogP contribution in [0.15, 0.2) is 48.5 Å². The molecule has 3 rings (SSSR count). The predicted molar refractivity (Wildman–Crippen MR) is 90.3 cm³/mol. The Balaban J connectivity index is 1.49. The zero-order chi connectivity index (χ0) is 18.5. The lowest BCUT2D eigenvalue weighted by Gasteiger charge is -2.12. The molecule has 1 saturated heterocycles. The number of carboxylic acid groups (broad SMARTS) is 1. The number of carboxylic acids is 1. The van der Waals surface area contributed by atoms with Gasteiger partial charge in [0.25, 0.3) is 0 Å². The summed E-state index contributed by atoms with van der Waals surface area (Å²) in [5.74, 6) is -0.573. The Morgan fingerprint density at radius 2 is 1.62 bits per heavy atom. The van der Waals surface area contributed by atoms with Crippen LogP contribution in [0.3, 0.4) is 0 Å². The molecule has 0 radical (unpaired) electrons. The van der Waals surface area contributed by atoms with Crippen molar-refractivity contribution in [1.82, 2.24) is 5.32 Å². The molecule has 0 spiro atoms. The molecule has 6 nitrogen and oxygen atoms in total. The van der Waals surface area contributed by atoms with E-state index in [4.69, 9.17) is 14.6 Å². The number of halogens is 1. The number of nitrogens with one attached hydrogen (secondary N) is 1. The van der Waals surface area contributed by atoms with Crippen LogP contribution in [-0.2, 0) is 20.9 Å². The Morgan fingerprint density at radius 3 is 2.19 bits per heavy atom. The number of hydrogen-bond donors (Lipinski definition) is 2. The molecule has 136 valence electrons. The minimum atomic E-state index is -1.04. The van der Waals surface area contributed by atoms with Crippen LogP contribution in [0.25, 0.3) is 0 Å². The van der Waals surface area contributed by atoms with Crippen molar-refractivity contribution in [2.24, 2.45) is 0 Å². The van der Waals surface area contributed by atoms with Crippen molar-refractivity contribution in [3.05, 3.63) is 59.9 Å². The molecule has 2 aromatic rings. The zero-order valence-electron chi connectivity index (χ0n) is 13.9. The van der Waals surface area contributed by atoms with Crippen molar-refractivity contribution < 1.29 is 28.6 Å². The Kier molecular flexibility index (Phi) is 5.48. The van der Waals surface area contributed by atoms with Crippen molar-refractivity contribution in [3.8, 4) is 11.5 Å². The monoisotopic (exact) mass is 359 g/mol. The molecule has 2 atom stereocenters. The van der Waals surface area contributed by atoms with Gasteiger partial charge in [-0.15, -0.1) is 0 Å². The summed E-state index contributed by atoms with van der Waals surface area (Å²) < 4.78 is 23.7. The number of ether oxygens (including phenoxy) is 2. The molecule has 0 aromatic heterocycles. The van der Waals surface area contributed by atoms with E-state index in [2.05, 4.69) is 5.32 Å². The summed E-state index contributed by atoms with van der Waals surface area (Å²) in [6, 6.07) is 12.8. The van der Waals surface area contributed by atoms with E-state index in [1.807, 2.05) is 0 Å². The minimum absolute atomic E-state index is 0.299. The normalized spacial score (nSPS) is 19.1. The first-order chi connectivity index (χ1) is 12.5. The highest BCUT2D eigenvalue weighted by atomic mass is 19.1. The first-order valence-corrected chi connectivity index (χ1v) is 8.19. The van der Waals surface area contributed by atoms with Gasteiger partial charge >= 0.3 is 5.97 Å². The molecule has 7 heteroatoms. The Labute approximate surface area is 149 Å². The topological polar surface area (TPSA) is 84.9 Å².